The van der Waals surface area contributed by atoms with Gasteiger partial charge in [0.2, 0.25) is 11.8 Å². The lowest BCUT2D eigenvalue weighted by atomic mass is 10.0. The molecule has 2 aromatic rings. The summed E-state index contributed by atoms with van der Waals surface area (Å²) in [7, 11) is 1.26. The van der Waals surface area contributed by atoms with E-state index in [9.17, 15) is 18.4 Å². The Morgan fingerprint density at radius 1 is 1.26 bits per heavy atom. The van der Waals surface area contributed by atoms with E-state index in [1.807, 2.05) is 13.8 Å². The van der Waals surface area contributed by atoms with E-state index < -0.39 is 24.5 Å². The summed E-state index contributed by atoms with van der Waals surface area (Å²) in [6, 6.07) is 3.25. The molecule has 0 radical (unpaired) electrons. The van der Waals surface area contributed by atoms with Crippen LogP contribution in [0.15, 0.2) is 22.7 Å². The molecule has 3 rings (SSSR count). The number of aromatic nitrogens is 2. The first-order valence-corrected chi connectivity index (χ1v) is 9.82. The van der Waals surface area contributed by atoms with Gasteiger partial charge in [-0.1, -0.05) is 19.0 Å². The number of nitrogens with zero attached hydrogens (tertiary/aromatic N) is 2. The van der Waals surface area contributed by atoms with Crippen LogP contribution in [0.4, 0.5) is 8.78 Å². The summed E-state index contributed by atoms with van der Waals surface area (Å²) < 4.78 is 39.4. The Morgan fingerprint density at radius 3 is 2.61 bits per heavy atom. The summed E-state index contributed by atoms with van der Waals surface area (Å²) in [5, 5.41) is 9.23. The second-order valence-electron chi connectivity index (χ2n) is 7.48. The zero-order valence-electron chi connectivity index (χ0n) is 17.4. The summed E-state index contributed by atoms with van der Waals surface area (Å²) in [5.41, 5.74) is 0.123. The minimum atomic E-state index is -3.02. The zero-order chi connectivity index (χ0) is 22.5. The van der Waals surface area contributed by atoms with E-state index in [0.717, 1.165) is 12.8 Å². The number of alkyl halides is 2. The monoisotopic (exact) mass is 438 g/mol. The number of nitrogens with one attached hydrogen (secondary N) is 2. The van der Waals surface area contributed by atoms with E-state index in [-0.39, 0.29) is 29.5 Å². The second kappa shape index (κ2) is 9.71. The van der Waals surface area contributed by atoms with Crippen LogP contribution < -0.4 is 20.1 Å². The number of rotatable bonds is 10. The number of methoxy groups -OCH3 is 1. The maximum Gasteiger partial charge on any atom is 0.387 e. The van der Waals surface area contributed by atoms with Crippen LogP contribution in [0, 0.1) is 5.92 Å². The molecule has 0 aliphatic heterocycles. The zero-order valence-corrected chi connectivity index (χ0v) is 17.4. The van der Waals surface area contributed by atoms with Crippen LogP contribution in [-0.4, -0.2) is 42.2 Å². The first kappa shape index (κ1) is 22.4. The summed E-state index contributed by atoms with van der Waals surface area (Å²) in [6.07, 6.45) is 2.06. The van der Waals surface area contributed by atoms with Crippen molar-refractivity contribution >= 4 is 11.8 Å². The molecule has 0 bridgehead atoms. The van der Waals surface area contributed by atoms with Gasteiger partial charge >= 0.3 is 6.61 Å². The van der Waals surface area contributed by atoms with Crippen LogP contribution in [0.2, 0.25) is 0 Å². The summed E-state index contributed by atoms with van der Waals surface area (Å²) in [6.45, 7) is 0.480. The molecular weight excluding hydrogens is 414 g/mol. The number of ether oxygens (including phenoxy) is 2. The molecule has 1 atom stereocenters. The van der Waals surface area contributed by atoms with Crippen molar-refractivity contribution in [1.82, 2.24) is 20.8 Å². The van der Waals surface area contributed by atoms with Crippen molar-refractivity contribution in [2.24, 2.45) is 5.92 Å². The van der Waals surface area contributed by atoms with Crippen LogP contribution in [0.5, 0.6) is 11.5 Å². The Bertz CT molecular complexity index is 930. The van der Waals surface area contributed by atoms with Gasteiger partial charge in [-0.25, -0.2) is 0 Å². The number of carbonyl (C=O) groups is 2. The molecule has 0 spiro atoms. The van der Waals surface area contributed by atoms with Gasteiger partial charge < -0.3 is 24.6 Å². The smallest absolute Gasteiger partial charge is 0.387 e. The quantitative estimate of drug-likeness (QED) is 0.586. The SMILES string of the molecule is COc1cc(C(=O)NCC(=O)NC(c2nc(C3CC3)no2)C(C)C)ccc1OC(F)F. The Kier molecular flexibility index (Phi) is 7.03. The third kappa shape index (κ3) is 5.89. The van der Waals surface area contributed by atoms with Crippen LogP contribution in [0.1, 0.15) is 60.7 Å². The molecule has 1 fully saturated rings. The lowest BCUT2D eigenvalue weighted by molar-refractivity contribution is -0.121. The molecular formula is C20H24F2N4O5. The molecule has 1 unspecified atom stereocenters. The second-order valence-corrected chi connectivity index (χ2v) is 7.48. The van der Waals surface area contributed by atoms with Crippen LogP contribution in [0.25, 0.3) is 0 Å². The Morgan fingerprint density at radius 2 is 2.00 bits per heavy atom. The average Bonchev–Trinajstić information content (AvgIpc) is 3.47. The molecule has 1 heterocycles. The summed E-state index contributed by atoms with van der Waals surface area (Å²) in [4.78, 5) is 29.1. The maximum absolute atomic E-state index is 12.4. The van der Waals surface area contributed by atoms with Gasteiger partial charge in [0.25, 0.3) is 5.91 Å². The number of hydrogen-bond donors (Lipinski definition) is 2. The van der Waals surface area contributed by atoms with Gasteiger partial charge in [0, 0.05) is 11.5 Å². The topological polar surface area (TPSA) is 116 Å². The molecule has 168 valence electrons. The van der Waals surface area contributed by atoms with E-state index in [1.165, 1.54) is 25.3 Å². The van der Waals surface area contributed by atoms with Gasteiger partial charge in [0.15, 0.2) is 17.3 Å². The molecule has 2 N–H and O–H groups in total. The van der Waals surface area contributed by atoms with Crippen molar-refractivity contribution < 1.29 is 32.4 Å². The van der Waals surface area contributed by atoms with E-state index >= 15 is 0 Å². The van der Waals surface area contributed by atoms with E-state index in [2.05, 4.69) is 25.5 Å². The lowest BCUT2D eigenvalue weighted by Crippen LogP contribution is -2.40. The number of benzene rings is 1. The molecule has 1 aromatic heterocycles. The van der Waals surface area contributed by atoms with Crippen LogP contribution in [-0.2, 0) is 4.79 Å². The van der Waals surface area contributed by atoms with Crippen molar-refractivity contribution in [3.63, 3.8) is 0 Å². The molecule has 31 heavy (non-hydrogen) atoms. The van der Waals surface area contributed by atoms with Gasteiger partial charge in [0.05, 0.1) is 13.7 Å². The first-order valence-electron chi connectivity index (χ1n) is 9.82. The molecule has 2 amide bonds. The van der Waals surface area contributed by atoms with Gasteiger partial charge in [-0.15, -0.1) is 0 Å². The number of hydrogen-bond acceptors (Lipinski definition) is 7. The van der Waals surface area contributed by atoms with Gasteiger partial charge in [-0.3, -0.25) is 9.59 Å². The van der Waals surface area contributed by atoms with E-state index in [4.69, 9.17) is 9.26 Å². The fraction of sp³-hybridized carbons (Fsp3) is 0.500. The Labute approximate surface area is 177 Å². The minimum Gasteiger partial charge on any atom is -0.493 e. The Balaban J connectivity index is 1.58. The fourth-order valence-electron chi connectivity index (χ4n) is 2.88. The minimum absolute atomic E-state index is 0.0150. The van der Waals surface area contributed by atoms with Crippen molar-refractivity contribution in [3.8, 4) is 11.5 Å². The van der Waals surface area contributed by atoms with Crippen molar-refractivity contribution in [2.75, 3.05) is 13.7 Å². The van der Waals surface area contributed by atoms with Crippen LogP contribution in [0.3, 0.4) is 0 Å². The standard InChI is InChI=1S/C20H24F2N4O5/c1-10(2)16(19-25-17(26-31-19)11-4-5-11)24-15(27)9-23-18(28)12-6-7-13(30-20(21)22)14(8-12)29-3/h6-8,10-11,16,20H,4-5,9H2,1-3H3,(H,23,28)(H,24,27). The summed E-state index contributed by atoms with van der Waals surface area (Å²) in [5.74, 6) is 0.0486. The van der Waals surface area contributed by atoms with Crippen molar-refractivity contribution in [3.05, 3.63) is 35.5 Å². The summed E-state index contributed by atoms with van der Waals surface area (Å²) >= 11 is 0. The molecule has 1 aromatic carbocycles. The number of halogens is 2. The molecule has 0 saturated heterocycles. The van der Waals surface area contributed by atoms with Crippen molar-refractivity contribution in [2.45, 2.75) is 45.3 Å². The molecule has 1 aliphatic rings. The van der Waals surface area contributed by atoms with E-state index in [1.54, 1.807) is 0 Å². The van der Waals surface area contributed by atoms with Crippen molar-refractivity contribution in [1.29, 1.82) is 0 Å². The molecule has 9 nitrogen and oxygen atoms in total. The fourth-order valence-corrected chi connectivity index (χ4v) is 2.88. The molecule has 1 aliphatic carbocycles. The van der Waals surface area contributed by atoms with Gasteiger partial charge in [-0.2, -0.15) is 13.8 Å². The number of carbonyl (C=O) groups excluding carboxylic acids is 2. The average molecular weight is 438 g/mol. The first-order chi connectivity index (χ1) is 14.8. The third-order valence-electron chi connectivity index (χ3n) is 4.70. The predicted molar refractivity (Wildman–Crippen MR) is 104 cm³/mol. The maximum atomic E-state index is 12.4. The third-order valence-corrected chi connectivity index (χ3v) is 4.70. The highest BCUT2D eigenvalue weighted by Crippen LogP contribution is 2.38. The highest BCUT2D eigenvalue weighted by atomic mass is 19.3. The lowest BCUT2D eigenvalue weighted by Gasteiger charge is -2.18. The normalized spacial score (nSPS) is 14.4. The highest BCUT2D eigenvalue weighted by molar-refractivity contribution is 5.97. The molecule has 1 saturated carbocycles. The molecule has 11 heteroatoms. The number of amides is 2. The predicted octanol–water partition coefficient (Wildman–Crippen LogP) is 2.80. The Hall–Kier alpha value is -3.24. The van der Waals surface area contributed by atoms with Crippen LogP contribution >= 0.6 is 0 Å². The van der Waals surface area contributed by atoms with E-state index in [0.29, 0.717) is 17.6 Å². The largest absolute Gasteiger partial charge is 0.493 e. The van der Waals surface area contributed by atoms with Gasteiger partial charge in [0.1, 0.15) is 6.04 Å². The van der Waals surface area contributed by atoms with Gasteiger partial charge in [-0.05, 0) is 37.0 Å². The highest BCUT2D eigenvalue weighted by Gasteiger charge is 2.31.